The molecule has 0 aliphatic carbocycles. The highest BCUT2D eigenvalue weighted by atomic mass is 16.3. The molecule has 0 fully saturated rings. The highest BCUT2D eigenvalue weighted by Crippen LogP contribution is 2.22. The van der Waals surface area contributed by atoms with E-state index < -0.39 is 0 Å². The Labute approximate surface area is 143 Å². The van der Waals surface area contributed by atoms with Crippen molar-refractivity contribution >= 4 is 5.91 Å². The minimum Gasteiger partial charge on any atom is -0.464 e. The summed E-state index contributed by atoms with van der Waals surface area (Å²) in [5.41, 5.74) is 1.42. The third kappa shape index (κ3) is 4.00. The molecule has 2 rings (SSSR count). The van der Waals surface area contributed by atoms with Crippen molar-refractivity contribution in [1.29, 1.82) is 0 Å². The Morgan fingerprint density at radius 2 is 2.04 bits per heavy atom. The molecule has 0 aliphatic rings. The lowest BCUT2D eigenvalue weighted by molar-refractivity contribution is 0.0738. The summed E-state index contributed by atoms with van der Waals surface area (Å²) < 4.78 is 5.79. The van der Waals surface area contributed by atoms with Gasteiger partial charge in [-0.05, 0) is 39.1 Å². The van der Waals surface area contributed by atoms with Gasteiger partial charge in [-0.3, -0.25) is 9.69 Å². The number of hydrogen-bond donors (Lipinski definition) is 0. The Balaban J connectivity index is 2.15. The molecule has 24 heavy (non-hydrogen) atoms. The van der Waals surface area contributed by atoms with E-state index in [0.29, 0.717) is 17.9 Å². The summed E-state index contributed by atoms with van der Waals surface area (Å²) in [6.07, 6.45) is 3.18. The van der Waals surface area contributed by atoms with Crippen LogP contribution < -0.4 is 0 Å². The van der Waals surface area contributed by atoms with Crippen molar-refractivity contribution in [2.24, 2.45) is 0 Å². The average Bonchev–Trinajstić information content (AvgIpc) is 2.98. The number of amides is 1. The molecule has 2 heterocycles. The molecule has 0 aromatic carbocycles. The van der Waals surface area contributed by atoms with Gasteiger partial charge in [-0.1, -0.05) is 13.8 Å². The Hall–Kier alpha value is -2.21. The summed E-state index contributed by atoms with van der Waals surface area (Å²) in [5, 5.41) is 0. The van der Waals surface area contributed by atoms with E-state index in [2.05, 4.69) is 28.7 Å². The van der Waals surface area contributed by atoms with Crippen LogP contribution in [0.25, 0.3) is 0 Å². The van der Waals surface area contributed by atoms with Crippen LogP contribution in [-0.4, -0.2) is 45.8 Å². The molecular weight excluding hydrogens is 304 g/mol. The Bertz CT molecular complexity index is 665. The van der Waals surface area contributed by atoms with Gasteiger partial charge in [0, 0.05) is 13.2 Å². The van der Waals surface area contributed by atoms with E-state index in [4.69, 9.17) is 4.42 Å². The number of aromatic nitrogens is 2. The smallest absolute Gasteiger partial charge is 0.257 e. The van der Waals surface area contributed by atoms with Crippen molar-refractivity contribution in [3.05, 3.63) is 47.4 Å². The lowest BCUT2D eigenvalue weighted by Gasteiger charge is -2.24. The first-order valence-electron chi connectivity index (χ1n) is 8.32. The van der Waals surface area contributed by atoms with Crippen LogP contribution in [-0.2, 0) is 6.54 Å². The lowest BCUT2D eigenvalue weighted by Crippen LogP contribution is -2.30. The van der Waals surface area contributed by atoms with Gasteiger partial charge in [0.05, 0.1) is 23.8 Å². The van der Waals surface area contributed by atoms with Crippen LogP contribution in [0.4, 0.5) is 0 Å². The molecule has 2 aromatic heterocycles. The maximum atomic E-state index is 12.8. The Morgan fingerprint density at radius 1 is 1.33 bits per heavy atom. The molecule has 0 saturated carbocycles. The zero-order valence-electron chi connectivity index (χ0n) is 15.1. The van der Waals surface area contributed by atoms with Crippen LogP contribution in [0.5, 0.6) is 0 Å². The minimum atomic E-state index is -0.138. The van der Waals surface area contributed by atoms with E-state index in [0.717, 1.165) is 24.5 Å². The summed E-state index contributed by atoms with van der Waals surface area (Å²) in [6, 6.07) is 3.54. The number of hydrogen-bond acceptors (Lipinski definition) is 5. The highest BCUT2D eigenvalue weighted by Gasteiger charge is 2.24. The van der Waals surface area contributed by atoms with Crippen LogP contribution in [0.1, 0.15) is 54.4 Å². The van der Waals surface area contributed by atoms with Crippen molar-refractivity contribution in [2.45, 2.75) is 40.3 Å². The highest BCUT2D eigenvalue weighted by molar-refractivity contribution is 5.95. The molecular formula is C18H26N4O2. The zero-order valence-corrected chi connectivity index (χ0v) is 15.1. The van der Waals surface area contributed by atoms with Gasteiger partial charge >= 0.3 is 0 Å². The molecule has 6 nitrogen and oxygen atoms in total. The number of furan rings is 1. The van der Waals surface area contributed by atoms with Gasteiger partial charge in [0.25, 0.3) is 5.91 Å². The SMILES string of the molecule is CCN(CC)Cc1cc(C(=O)N(C)C(C)c2ccncn2)c(C)o1. The van der Waals surface area contributed by atoms with Crippen molar-refractivity contribution in [1.82, 2.24) is 19.8 Å². The summed E-state index contributed by atoms with van der Waals surface area (Å²) >= 11 is 0. The molecule has 0 saturated heterocycles. The molecule has 0 radical (unpaired) electrons. The largest absolute Gasteiger partial charge is 0.464 e. The van der Waals surface area contributed by atoms with E-state index in [1.165, 1.54) is 6.33 Å². The molecule has 1 amide bonds. The van der Waals surface area contributed by atoms with E-state index in [1.807, 2.05) is 26.0 Å². The zero-order chi connectivity index (χ0) is 17.7. The second-order valence-electron chi connectivity index (χ2n) is 5.87. The van der Waals surface area contributed by atoms with Gasteiger partial charge in [-0.15, -0.1) is 0 Å². The normalized spacial score (nSPS) is 12.4. The standard InChI is InChI=1S/C18H26N4O2/c1-6-22(7-2)11-15-10-16(14(4)24-15)18(23)21(5)13(3)17-8-9-19-12-20-17/h8-10,12-13H,6-7,11H2,1-5H3. The molecule has 0 bridgehead atoms. The van der Waals surface area contributed by atoms with Crippen molar-refractivity contribution < 1.29 is 9.21 Å². The third-order valence-corrected chi connectivity index (χ3v) is 4.41. The summed E-state index contributed by atoms with van der Waals surface area (Å²) in [4.78, 5) is 24.9. The topological polar surface area (TPSA) is 62.5 Å². The fourth-order valence-corrected chi connectivity index (χ4v) is 2.61. The fourth-order valence-electron chi connectivity index (χ4n) is 2.61. The number of nitrogens with zero attached hydrogens (tertiary/aromatic N) is 4. The molecule has 2 aromatic rings. The van der Waals surface area contributed by atoms with Crippen LogP contribution in [0, 0.1) is 6.92 Å². The summed E-state index contributed by atoms with van der Waals surface area (Å²) in [6.45, 7) is 10.6. The number of aryl methyl sites for hydroxylation is 1. The molecule has 0 spiro atoms. The maximum Gasteiger partial charge on any atom is 0.257 e. The second kappa shape index (κ2) is 8.06. The fraction of sp³-hybridized carbons (Fsp3) is 0.500. The maximum absolute atomic E-state index is 12.8. The van der Waals surface area contributed by atoms with Crippen molar-refractivity contribution in [3.8, 4) is 0 Å². The van der Waals surface area contributed by atoms with Crippen LogP contribution in [0.3, 0.4) is 0 Å². The predicted molar refractivity (Wildman–Crippen MR) is 92.6 cm³/mol. The van der Waals surface area contributed by atoms with Gasteiger partial charge in [0.1, 0.15) is 17.8 Å². The molecule has 130 valence electrons. The van der Waals surface area contributed by atoms with Gasteiger partial charge < -0.3 is 9.32 Å². The Kier molecular flexibility index (Phi) is 6.09. The van der Waals surface area contributed by atoms with Gasteiger partial charge in [0.2, 0.25) is 0 Å². The third-order valence-electron chi connectivity index (χ3n) is 4.41. The van der Waals surface area contributed by atoms with Crippen LogP contribution in [0.15, 0.2) is 29.1 Å². The first-order chi connectivity index (χ1) is 11.5. The lowest BCUT2D eigenvalue weighted by atomic mass is 10.1. The average molecular weight is 330 g/mol. The number of carbonyl (C=O) groups is 1. The quantitative estimate of drug-likeness (QED) is 0.781. The monoisotopic (exact) mass is 330 g/mol. The summed E-state index contributed by atoms with van der Waals surface area (Å²) in [7, 11) is 1.78. The first-order valence-corrected chi connectivity index (χ1v) is 8.32. The predicted octanol–water partition coefficient (Wildman–Crippen LogP) is 3.05. The van der Waals surface area contributed by atoms with Crippen LogP contribution >= 0.6 is 0 Å². The van der Waals surface area contributed by atoms with Crippen molar-refractivity contribution in [3.63, 3.8) is 0 Å². The van der Waals surface area contributed by atoms with E-state index in [1.54, 1.807) is 18.1 Å². The second-order valence-corrected chi connectivity index (χ2v) is 5.87. The minimum absolute atomic E-state index is 0.0619. The van der Waals surface area contributed by atoms with Gasteiger partial charge in [-0.2, -0.15) is 0 Å². The molecule has 1 unspecified atom stereocenters. The van der Waals surface area contributed by atoms with E-state index >= 15 is 0 Å². The molecule has 0 aliphatic heterocycles. The molecule has 6 heteroatoms. The van der Waals surface area contributed by atoms with E-state index in [9.17, 15) is 4.79 Å². The molecule has 1 atom stereocenters. The van der Waals surface area contributed by atoms with Gasteiger partial charge in [0.15, 0.2) is 0 Å². The number of rotatable bonds is 7. The van der Waals surface area contributed by atoms with Crippen LogP contribution in [0.2, 0.25) is 0 Å². The summed E-state index contributed by atoms with van der Waals surface area (Å²) in [5.74, 6) is 1.42. The van der Waals surface area contributed by atoms with Gasteiger partial charge in [-0.25, -0.2) is 9.97 Å². The molecule has 0 N–H and O–H groups in total. The Morgan fingerprint density at radius 3 is 2.62 bits per heavy atom. The first kappa shape index (κ1) is 18.1. The van der Waals surface area contributed by atoms with E-state index in [-0.39, 0.29) is 11.9 Å². The van der Waals surface area contributed by atoms with Crippen molar-refractivity contribution in [2.75, 3.05) is 20.1 Å². The number of carbonyl (C=O) groups excluding carboxylic acids is 1.